The van der Waals surface area contributed by atoms with Crippen molar-refractivity contribution in [3.63, 3.8) is 0 Å². The standard InChI is InChI=1S/C8H9F5N2O2/c9-7(10,8(11,12)13)6(17)14-3-4-1-2-5(16)15-4/h4H,1-3H2,(H,14,17)(H,15,16). The molecule has 4 nitrogen and oxygen atoms in total. The van der Waals surface area contributed by atoms with Crippen molar-refractivity contribution in [2.45, 2.75) is 31.0 Å². The van der Waals surface area contributed by atoms with E-state index in [-0.39, 0.29) is 18.7 Å². The van der Waals surface area contributed by atoms with E-state index in [0.717, 1.165) is 0 Å². The van der Waals surface area contributed by atoms with Crippen LogP contribution < -0.4 is 10.6 Å². The normalized spacial score (nSPS) is 21.2. The van der Waals surface area contributed by atoms with Gasteiger partial charge >= 0.3 is 12.1 Å². The minimum atomic E-state index is -5.92. The number of hydrogen-bond acceptors (Lipinski definition) is 2. The van der Waals surface area contributed by atoms with Gasteiger partial charge in [-0.15, -0.1) is 0 Å². The molecular formula is C8H9F5N2O2. The highest BCUT2D eigenvalue weighted by atomic mass is 19.4. The van der Waals surface area contributed by atoms with Crippen LogP contribution in [0.2, 0.25) is 0 Å². The molecule has 1 unspecified atom stereocenters. The molecular weight excluding hydrogens is 251 g/mol. The molecule has 2 amide bonds. The first-order chi connectivity index (χ1) is 7.64. The van der Waals surface area contributed by atoms with Crippen molar-refractivity contribution in [1.82, 2.24) is 10.6 Å². The predicted octanol–water partition coefficient (Wildman–Crippen LogP) is 0.579. The number of rotatable bonds is 3. The van der Waals surface area contributed by atoms with E-state index in [9.17, 15) is 31.5 Å². The van der Waals surface area contributed by atoms with Crippen molar-refractivity contribution >= 4 is 11.8 Å². The van der Waals surface area contributed by atoms with Crippen LogP contribution in [0, 0.1) is 0 Å². The third-order valence-electron chi connectivity index (χ3n) is 2.24. The molecule has 1 aliphatic heterocycles. The highest BCUT2D eigenvalue weighted by Crippen LogP contribution is 2.35. The molecule has 1 saturated heterocycles. The quantitative estimate of drug-likeness (QED) is 0.729. The molecule has 1 rings (SSSR count). The van der Waals surface area contributed by atoms with Crippen molar-refractivity contribution in [3.8, 4) is 0 Å². The smallest absolute Gasteiger partial charge is 0.352 e. The van der Waals surface area contributed by atoms with Crippen LogP contribution in [0.3, 0.4) is 0 Å². The van der Waals surface area contributed by atoms with E-state index >= 15 is 0 Å². The van der Waals surface area contributed by atoms with Gasteiger partial charge in [0.15, 0.2) is 0 Å². The van der Waals surface area contributed by atoms with Gasteiger partial charge in [-0.05, 0) is 6.42 Å². The number of halogens is 5. The first-order valence-electron chi connectivity index (χ1n) is 4.67. The molecule has 9 heteroatoms. The molecule has 1 heterocycles. The summed E-state index contributed by atoms with van der Waals surface area (Å²) >= 11 is 0. The zero-order valence-corrected chi connectivity index (χ0v) is 8.40. The van der Waals surface area contributed by atoms with Gasteiger partial charge < -0.3 is 10.6 Å². The van der Waals surface area contributed by atoms with Crippen LogP contribution in [0.25, 0.3) is 0 Å². The summed E-state index contributed by atoms with van der Waals surface area (Å²) in [5, 5.41) is 3.79. The molecule has 0 aliphatic carbocycles. The van der Waals surface area contributed by atoms with E-state index in [1.165, 1.54) is 5.32 Å². The van der Waals surface area contributed by atoms with Gasteiger partial charge in [0, 0.05) is 19.0 Å². The largest absolute Gasteiger partial charge is 0.463 e. The van der Waals surface area contributed by atoms with Gasteiger partial charge in [0.25, 0.3) is 5.91 Å². The fourth-order valence-corrected chi connectivity index (χ4v) is 1.29. The van der Waals surface area contributed by atoms with Crippen LogP contribution in [0.4, 0.5) is 22.0 Å². The second kappa shape index (κ2) is 4.46. The molecule has 1 atom stereocenters. The summed E-state index contributed by atoms with van der Waals surface area (Å²) in [4.78, 5) is 21.4. The molecule has 2 N–H and O–H groups in total. The fraction of sp³-hybridized carbons (Fsp3) is 0.750. The lowest BCUT2D eigenvalue weighted by Crippen LogP contribution is -2.52. The number of carbonyl (C=O) groups is 2. The lowest BCUT2D eigenvalue weighted by Gasteiger charge is -2.19. The van der Waals surface area contributed by atoms with Gasteiger partial charge in [-0.1, -0.05) is 0 Å². The van der Waals surface area contributed by atoms with Crippen molar-refractivity contribution in [2.75, 3.05) is 6.54 Å². The maximum atomic E-state index is 12.5. The number of nitrogens with one attached hydrogen (secondary N) is 2. The van der Waals surface area contributed by atoms with Crippen LogP contribution in [-0.4, -0.2) is 36.5 Å². The summed E-state index contributed by atoms with van der Waals surface area (Å²) in [5.41, 5.74) is 0. The monoisotopic (exact) mass is 260 g/mol. The van der Waals surface area contributed by atoms with E-state index in [0.29, 0.717) is 0 Å². The van der Waals surface area contributed by atoms with Gasteiger partial charge in [-0.25, -0.2) is 0 Å². The first-order valence-corrected chi connectivity index (χ1v) is 4.67. The maximum Gasteiger partial charge on any atom is 0.463 e. The zero-order chi connectivity index (χ0) is 13.3. The van der Waals surface area contributed by atoms with Crippen LogP contribution in [0.5, 0.6) is 0 Å². The Labute approximate surface area is 92.5 Å². The average molecular weight is 260 g/mol. The number of carbonyl (C=O) groups excluding carboxylic acids is 2. The zero-order valence-electron chi connectivity index (χ0n) is 8.40. The Balaban J connectivity index is 2.47. The maximum absolute atomic E-state index is 12.5. The molecule has 0 aromatic rings. The van der Waals surface area contributed by atoms with Gasteiger partial charge in [-0.3, -0.25) is 9.59 Å². The third kappa shape index (κ3) is 3.04. The van der Waals surface area contributed by atoms with Crippen LogP contribution >= 0.6 is 0 Å². The summed E-state index contributed by atoms with van der Waals surface area (Å²) in [5.74, 6) is -8.16. The molecule has 98 valence electrons. The molecule has 1 fully saturated rings. The minimum Gasteiger partial charge on any atom is -0.352 e. The number of hydrogen-bond donors (Lipinski definition) is 2. The summed E-state index contributed by atoms with van der Waals surface area (Å²) in [6, 6.07) is -0.601. The Bertz CT molecular complexity index is 328. The highest BCUT2D eigenvalue weighted by molar-refractivity contribution is 5.84. The van der Waals surface area contributed by atoms with Crippen molar-refractivity contribution in [3.05, 3.63) is 0 Å². The number of alkyl halides is 5. The van der Waals surface area contributed by atoms with Crippen LogP contribution in [-0.2, 0) is 9.59 Å². The molecule has 1 aliphatic rings. The van der Waals surface area contributed by atoms with E-state index < -0.39 is 30.6 Å². The van der Waals surface area contributed by atoms with E-state index in [1.54, 1.807) is 0 Å². The second-order valence-electron chi connectivity index (χ2n) is 3.59. The van der Waals surface area contributed by atoms with Gasteiger partial charge in [0.2, 0.25) is 5.91 Å². The molecule has 0 aromatic heterocycles. The Kier molecular flexibility index (Phi) is 3.58. The lowest BCUT2D eigenvalue weighted by molar-refractivity contribution is -0.269. The van der Waals surface area contributed by atoms with Crippen molar-refractivity contribution < 1.29 is 31.5 Å². The lowest BCUT2D eigenvalue weighted by atomic mass is 10.2. The average Bonchev–Trinajstić information content (AvgIpc) is 2.58. The summed E-state index contributed by atoms with van der Waals surface area (Å²) in [7, 11) is 0. The summed E-state index contributed by atoms with van der Waals surface area (Å²) in [6.07, 6.45) is -5.47. The van der Waals surface area contributed by atoms with E-state index in [4.69, 9.17) is 0 Å². The Hall–Kier alpha value is -1.41. The van der Waals surface area contributed by atoms with E-state index in [1.807, 2.05) is 0 Å². The summed E-state index contributed by atoms with van der Waals surface area (Å²) in [6.45, 7) is -0.448. The van der Waals surface area contributed by atoms with E-state index in [2.05, 4.69) is 5.32 Å². The Morgan fingerprint density at radius 1 is 1.35 bits per heavy atom. The topological polar surface area (TPSA) is 58.2 Å². The first kappa shape index (κ1) is 13.7. The molecule has 0 saturated carbocycles. The van der Waals surface area contributed by atoms with Crippen LogP contribution in [0.1, 0.15) is 12.8 Å². The predicted molar refractivity (Wildman–Crippen MR) is 45.2 cm³/mol. The SMILES string of the molecule is O=C1CCC(CNC(=O)C(F)(F)C(F)(F)F)N1. The fourth-order valence-electron chi connectivity index (χ4n) is 1.29. The Morgan fingerprint density at radius 3 is 2.35 bits per heavy atom. The molecule has 17 heavy (non-hydrogen) atoms. The van der Waals surface area contributed by atoms with Gasteiger partial charge in [-0.2, -0.15) is 22.0 Å². The minimum absolute atomic E-state index is 0.163. The molecule has 0 radical (unpaired) electrons. The third-order valence-corrected chi connectivity index (χ3v) is 2.24. The van der Waals surface area contributed by atoms with Crippen LogP contribution in [0.15, 0.2) is 0 Å². The molecule has 0 aromatic carbocycles. The van der Waals surface area contributed by atoms with Gasteiger partial charge in [0.05, 0.1) is 0 Å². The second-order valence-corrected chi connectivity index (χ2v) is 3.59. The highest BCUT2D eigenvalue weighted by Gasteiger charge is 2.63. The molecule has 0 bridgehead atoms. The Morgan fingerprint density at radius 2 is 1.94 bits per heavy atom. The number of amides is 2. The van der Waals surface area contributed by atoms with Crippen molar-refractivity contribution in [1.29, 1.82) is 0 Å². The van der Waals surface area contributed by atoms with Gasteiger partial charge in [0.1, 0.15) is 0 Å². The molecule has 0 spiro atoms. The summed E-state index contributed by atoms with van der Waals surface area (Å²) < 4.78 is 60.2. The van der Waals surface area contributed by atoms with Crippen molar-refractivity contribution in [2.24, 2.45) is 0 Å².